The Morgan fingerprint density at radius 2 is 1.38 bits per heavy atom. The Labute approximate surface area is 95.9 Å². The average Bonchev–Trinajstić information content (AvgIpc) is 2.98. The number of hydrogen-bond acceptors (Lipinski definition) is 3. The summed E-state index contributed by atoms with van der Waals surface area (Å²) in [7, 11) is 0. The first kappa shape index (κ1) is 9.23. The number of rotatable bonds is 2. The van der Waals surface area contributed by atoms with Crippen LogP contribution in [0.2, 0.25) is 0 Å². The molecule has 0 aliphatic heterocycles. The second-order valence-electron chi connectivity index (χ2n) is 3.35. The number of imidazole rings is 1. The quantitative estimate of drug-likeness (QED) is 0.664. The third kappa shape index (κ3) is 1.42. The van der Waals surface area contributed by atoms with Gasteiger partial charge < -0.3 is 18.8 Å². The summed E-state index contributed by atoms with van der Waals surface area (Å²) in [6, 6.07) is 3.75. The lowest BCUT2D eigenvalue weighted by Crippen LogP contribution is -1.78. The summed E-state index contributed by atoms with van der Waals surface area (Å²) in [6.07, 6.45) is 6.58. The van der Waals surface area contributed by atoms with E-state index >= 15 is 0 Å². The average molecular weight is 232 g/mol. The van der Waals surface area contributed by atoms with Crippen LogP contribution in [0.25, 0.3) is 22.5 Å². The highest BCUT2D eigenvalue weighted by atomic mass is 32.1. The van der Waals surface area contributed by atoms with Crippen LogP contribution in [0.3, 0.4) is 0 Å². The minimum Gasteiger partial charge on any atom is -0.472 e. The molecule has 2 N–H and O–H groups in total. The molecular weight excluding hydrogens is 224 g/mol. The molecule has 0 bridgehead atoms. The van der Waals surface area contributed by atoms with Crippen molar-refractivity contribution in [2.75, 3.05) is 0 Å². The van der Waals surface area contributed by atoms with Crippen molar-refractivity contribution >= 4 is 12.2 Å². The Kier molecular flexibility index (Phi) is 2.04. The summed E-state index contributed by atoms with van der Waals surface area (Å²) >= 11 is 5.10. The normalized spacial score (nSPS) is 10.8. The minimum absolute atomic E-state index is 0.576. The number of aromatic amines is 2. The Hall–Kier alpha value is -2.01. The molecule has 3 heterocycles. The van der Waals surface area contributed by atoms with Crippen molar-refractivity contribution in [1.29, 1.82) is 0 Å². The molecule has 0 saturated carbocycles. The molecule has 0 saturated heterocycles. The number of H-pyrrole nitrogens is 2. The third-order valence-corrected chi connectivity index (χ3v) is 2.55. The van der Waals surface area contributed by atoms with Gasteiger partial charge in [-0.3, -0.25) is 0 Å². The highest BCUT2D eigenvalue weighted by molar-refractivity contribution is 7.71. The standard InChI is InChI=1S/C11H8N2O2S/c16-11-12-9(7-1-3-14-5-7)10(13-11)8-2-4-15-6-8/h1-6H,(H2,12,13,16). The molecule has 5 heteroatoms. The molecule has 0 atom stereocenters. The van der Waals surface area contributed by atoms with Gasteiger partial charge in [0.2, 0.25) is 0 Å². The molecule has 3 aromatic heterocycles. The van der Waals surface area contributed by atoms with Gasteiger partial charge in [0, 0.05) is 11.1 Å². The molecular formula is C11H8N2O2S. The molecule has 0 fully saturated rings. The second kappa shape index (κ2) is 3.53. The predicted octanol–water partition coefficient (Wildman–Crippen LogP) is 3.59. The van der Waals surface area contributed by atoms with Crippen LogP contribution in [0.15, 0.2) is 46.0 Å². The molecule has 3 aromatic rings. The monoisotopic (exact) mass is 232 g/mol. The van der Waals surface area contributed by atoms with E-state index in [1.165, 1.54) is 0 Å². The van der Waals surface area contributed by atoms with E-state index in [9.17, 15) is 0 Å². The van der Waals surface area contributed by atoms with Gasteiger partial charge in [0.25, 0.3) is 0 Å². The molecule has 16 heavy (non-hydrogen) atoms. The largest absolute Gasteiger partial charge is 0.472 e. The fourth-order valence-corrected chi connectivity index (χ4v) is 1.83. The van der Waals surface area contributed by atoms with Crippen molar-refractivity contribution < 1.29 is 8.83 Å². The Morgan fingerprint density at radius 3 is 1.75 bits per heavy atom. The smallest absolute Gasteiger partial charge is 0.175 e. The molecule has 0 aliphatic carbocycles. The number of nitrogens with one attached hydrogen (secondary N) is 2. The minimum atomic E-state index is 0.576. The van der Waals surface area contributed by atoms with Gasteiger partial charge in [-0.05, 0) is 24.4 Å². The molecule has 0 amide bonds. The van der Waals surface area contributed by atoms with Crippen LogP contribution in [-0.2, 0) is 0 Å². The number of hydrogen-bond donors (Lipinski definition) is 2. The van der Waals surface area contributed by atoms with Crippen molar-refractivity contribution in [3.8, 4) is 22.5 Å². The first-order valence-electron chi connectivity index (χ1n) is 4.72. The molecule has 0 unspecified atom stereocenters. The summed E-state index contributed by atoms with van der Waals surface area (Å²) in [5.41, 5.74) is 3.70. The molecule has 0 radical (unpaired) electrons. The summed E-state index contributed by atoms with van der Waals surface area (Å²) in [5.74, 6) is 0. The van der Waals surface area contributed by atoms with E-state index in [1.54, 1.807) is 25.1 Å². The van der Waals surface area contributed by atoms with Gasteiger partial charge in [-0.2, -0.15) is 0 Å². The van der Waals surface area contributed by atoms with E-state index in [4.69, 9.17) is 21.1 Å². The topological polar surface area (TPSA) is 57.9 Å². The maximum Gasteiger partial charge on any atom is 0.175 e. The SMILES string of the molecule is S=c1[nH]c(-c2ccoc2)c(-c2ccoc2)[nH]1. The zero-order valence-electron chi connectivity index (χ0n) is 8.19. The fourth-order valence-electron chi connectivity index (χ4n) is 1.63. The van der Waals surface area contributed by atoms with Gasteiger partial charge in [-0.1, -0.05) is 0 Å². The van der Waals surface area contributed by atoms with Crippen LogP contribution >= 0.6 is 12.2 Å². The molecule has 80 valence electrons. The second-order valence-corrected chi connectivity index (χ2v) is 3.76. The highest BCUT2D eigenvalue weighted by Gasteiger charge is 2.11. The first-order valence-corrected chi connectivity index (χ1v) is 5.13. The zero-order chi connectivity index (χ0) is 11.0. The summed E-state index contributed by atoms with van der Waals surface area (Å²) < 4.78 is 10.7. The van der Waals surface area contributed by atoms with Crippen molar-refractivity contribution in [1.82, 2.24) is 9.97 Å². The van der Waals surface area contributed by atoms with Crippen LogP contribution in [0.5, 0.6) is 0 Å². The van der Waals surface area contributed by atoms with Crippen molar-refractivity contribution in [2.45, 2.75) is 0 Å². The van der Waals surface area contributed by atoms with E-state index in [1.807, 2.05) is 12.1 Å². The van der Waals surface area contributed by atoms with Crippen LogP contribution in [-0.4, -0.2) is 9.97 Å². The maximum absolute atomic E-state index is 5.10. The highest BCUT2D eigenvalue weighted by Crippen LogP contribution is 2.29. The molecule has 0 aromatic carbocycles. The van der Waals surface area contributed by atoms with Gasteiger partial charge in [-0.15, -0.1) is 0 Å². The van der Waals surface area contributed by atoms with Gasteiger partial charge in [0.15, 0.2) is 4.77 Å². The van der Waals surface area contributed by atoms with Crippen molar-refractivity contribution in [3.63, 3.8) is 0 Å². The van der Waals surface area contributed by atoms with Crippen LogP contribution in [0.1, 0.15) is 0 Å². The predicted molar refractivity (Wildman–Crippen MR) is 61.4 cm³/mol. The van der Waals surface area contributed by atoms with E-state index in [-0.39, 0.29) is 0 Å². The summed E-state index contributed by atoms with van der Waals surface area (Å²) in [5, 5.41) is 0. The molecule has 0 aliphatic rings. The molecule has 0 spiro atoms. The molecule has 3 rings (SSSR count). The van der Waals surface area contributed by atoms with Crippen molar-refractivity contribution in [3.05, 3.63) is 42.0 Å². The van der Waals surface area contributed by atoms with Crippen molar-refractivity contribution in [2.24, 2.45) is 0 Å². The number of furan rings is 2. The van der Waals surface area contributed by atoms with Gasteiger partial charge in [0.05, 0.1) is 36.4 Å². The van der Waals surface area contributed by atoms with Crippen LogP contribution < -0.4 is 0 Å². The van der Waals surface area contributed by atoms with E-state index in [2.05, 4.69) is 9.97 Å². The Bertz CT molecular complexity index is 577. The lowest BCUT2D eigenvalue weighted by molar-refractivity contribution is 0.567. The van der Waals surface area contributed by atoms with Crippen LogP contribution in [0.4, 0.5) is 0 Å². The Balaban J connectivity index is 2.23. The van der Waals surface area contributed by atoms with Gasteiger partial charge in [-0.25, -0.2) is 0 Å². The van der Waals surface area contributed by atoms with E-state index < -0.39 is 0 Å². The van der Waals surface area contributed by atoms with E-state index in [0.717, 1.165) is 22.5 Å². The summed E-state index contributed by atoms with van der Waals surface area (Å²) in [6.45, 7) is 0. The lowest BCUT2D eigenvalue weighted by Gasteiger charge is -1.96. The first-order chi connectivity index (χ1) is 7.84. The molecule has 4 nitrogen and oxygen atoms in total. The third-order valence-electron chi connectivity index (χ3n) is 2.35. The van der Waals surface area contributed by atoms with Gasteiger partial charge >= 0.3 is 0 Å². The zero-order valence-corrected chi connectivity index (χ0v) is 9.01. The van der Waals surface area contributed by atoms with Gasteiger partial charge in [0.1, 0.15) is 0 Å². The fraction of sp³-hybridized carbons (Fsp3) is 0. The maximum atomic E-state index is 5.10. The Morgan fingerprint density at radius 1 is 0.875 bits per heavy atom. The van der Waals surface area contributed by atoms with Crippen LogP contribution in [0, 0.1) is 4.77 Å². The summed E-state index contributed by atoms with van der Waals surface area (Å²) in [4.78, 5) is 6.19. The van der Waals surface area contributed by atoms with E-state index in [0.29, 0.717) is 4.77 Å². The number of aromatic nitrogens is 2. The lowest BCUT2D eigenvalue weighted by atomic mass is 10.1.